The van der Waals surface area contributed by atoms with E-state index in [1.165, 1.54) is 0 Å². The molecule has 258 valence electrons. The van der Waals surface area contributed by atoms with E-state index >= 15 is 0 Å². The van der Waals surface area contributed by atoms with E-state index in [4.69, 9.17) is 15.4 Å². The highest BCUT2D eigenvalue weighted by atomic mass is 16.3. The summed E-state index contributed by atoms with van der Waals surface area (Å²) in [7, 11) is 0. The number of hydrogen-bond donors (Lipinski definition) is 0. The van der Waals surface area contributed by atoms with Crippen LogP contribution in [0.2, 0.25) is 0 Å². The minimum atomic E-state index is 0.515. The summed E-state index contributed by atoms with van der Waals surface area (Å²) < 4.78 is 17.3. The Morgan fingerprint density at radius 3 is 1.61 bits per heavy atom. The third-order valence-electron chi connectivity index (χ3n) is 11.4. The number of nitriles is 1. The number of furan rings is 2. The molecular formula is C50H26N4O2. The summed E-state index contributed by atoms with van der Waals surface area (Å²) in [6.45, 7) is 8.09. The van der Waals surface area contributed by atoms with E-state index in [1.54, 1.807) is 0 Å². The van der Waals surface area contributed by atoms with Crippen LogP contribution >= 0.6 is 0 Å². The zero-order valence-corrected chi connectivity index (χ0v) is 29.6. The Labute approximate surface area is 318 Å². The number of hydrogen-bond acceptors (Lipinski definition) is 3. The van der Waals surface area contributed by atoms with Gasteiger partial charge in [0.15, 0.2) is 5.69 Å². The first-order valence-corrected chi connectivity index (χ1v) is 18.4. The Morgan fingerprint density at radius 1 is 0.446 bits per heavy atom. The van der Waals surface area contributed by atoms with Gasteiger partial charge >= 0.3 is 0 Å². The van der Waals surface area contributed by atoms with Gasteiger partial charge in [-0.3, -0.25) is 0 Å². The van der Waals surface area contributed by atoms with Gasteiger partial charge < -0.3 is 18.0 Å². The second-order valence-corrected chi connectivity index (χ2v) is 14.3. The predicted octanol–water partition coefficient (Wildman–Crippen LogP) is 13.8. The highest BCUT2D eigenvalue weighted by Gasteiger charge is 2.24. The molecule has 56 heavy (non-hydrogen) atoms. The zero-order valence-electron chi connectivity index (χ0n) is 29.6. The van der Waals surface area contributed by atoms with E-state index in [0.717, 1.165) is 110 Å². The molecule has 8 aromatic carbocycles. The maximum Gasteiger partial charge on any atom is 0.189 e. The first kappa shape index (κ1) is 30.4. The van der Waals surface area contributed by atoms with Crippen molar-refractivity contribution in [1.82, 2.24) is 9.13 Å². The van der Waals surface area contributed by atoms with Crippen molar-refractivity contribution in [3.63, 3.8) is 0 Å². The van der Waals surface area contributed by atoms with Crippen LogP contribution in [0, 0.1) is 17.9 Å². The van der Waals surface area contributed by atoms with Crippen molar-refractivity contribution >= 4 is 93.2 Å². The predicted molar refractivity (Wildman–Crippen MR) is 226 cm³/mol. The Bertz CT molecular complexity index is 3750. The van der Waals surface area contributed by atoms with E-state index in [2.05, 4.69) is 98.9 Å². The van der Waals surface area contributed by atoms with Gasteiger partial charge in [-0.2, -0.15) is 5.26 Å². The molecule has 0 aliphatic carbocycles. The summed E-state index contributed by atoms with van der Waals surface area (Å²) in [5.41, 5.74) is 11.5. The monoisotopic (exact) mass is 714 g/mol. The van der Waals surface area contributed by atoms with Gasteiger partial charge in [0.1, 0.15) is 28.4 Å². The smallest absolute Gasteiger partial charge is 0.189 e. The van der Waals surface area contributed by atoms with Gasteiger partial charge in [0.05, 0.1) is 39.9 Å². The summed E-state index contributed by atoms with van der Waals surface area (Å²) in [6.07, 6.45) is 0. The first-order chi connectivity index (χ1) is 27.7. The second kappa shape index (κ2) is 11.2. The van der Waals surface area contributed by atoms with Crippen molar-refractivity contribution in [1.29, 1.82) is 5.26 Å². The van der Waals surface area contributed by atoms with Crippen molar-refractivity contribution in [3.8, 4) is 28.6 Å². The Morgan fingerprint density at radius 2 is 1.00 bits per heavy atom. The lowest BCUT2D eigenvalue weighted by Crippen LogP contribution is -2.03. The standard InChI is InChI=1S/C50H26N4O2/c1-52-30-21-22-33(43(23-30)53-41-17-6-2-12-31(41)37-24-39-34-14-4-8-19-46(34)55-48(39)26-44(37)53)36-16-10-11-29(28-51)50(36)54-42-18-7-3-13-32(42)38-25-40-35-15-5-9-20-47(35)56-49(40)27-45(38)54/h2-27H. The lowest BCUT2D eigenvalue weighted by molar-refractivity contribution is 0.669. The molecule has 0 atom stereocenters. The normalized spacial score (nSPS) is 11.9. The lowest BCUT2D eigenvalue weighted by atomic mass is 9.97. The number of fused-ring (bicyclic) bond motifs is 12. The number of aromatic nitrogens is 2. The molecule has 0 N–H and O–H groups in total. The van der Waals surface area contributed by atoms with Crippen molar-refractivity contribution in [2.75, 3.05) is 0 Å². The Kier molecular flexibility index (Phi) is 6.10. The van der Waals surface area contributed by atoms with Gasteiger partial charge in [-0.1, -0.05) is 97.1 Å². The fraction of sp³-hybridized carbons (Fsp3) is 0. The largest absolute Gasteiger partial charge is 0.456 e. The zero-order chi connectivity index (χ0) is 37.1. The topological polar surface area (TPSA) is 64.3 Å². The minimum Gasteiger partial charge on any atom is -0.456 e. The molecule has 0 spiro atoms. The molecule has 0 aliphatic rings. The molecule has 12 aromatic rings. The molecule has 12 rings (SSSR count). The summed E-state index contributed by atoms with van der Waals surface area (Å²) in [5, 5.41) is 19.4. The van der Waals surface area contributed by atoms with Gasteiger partial charge in [-0.25, -0.2) is 4.85 Å². The fourth-order valence-electron chi connectivity index (χ4n) is 8.97. The van der Waals surface area contributed by atoms with Crippen LogP contribution in [0.1, 0.15) is 5.56 Å². The molecule has 0 saturated carbocycles. The maximum atomic E-state index is 10.8. The van der Waals surface area contributed by atoms with E-state index in [1.807, 2.05) is 78.9 Å². The molecule has 0 bridgehead atoms. The van der Waals surface area contributed by atoms with Crippen LogP contribution < -0.4 is 0 Å². The van der Waals surface area contributed by atoms with Crippen molar-refractivity contribution in [2.45, 2.75) is 0 Å². The SMILES string of the molecule is [C-]#[N+]c1ccc(-c2cccc(C#N)c2-n2c3ccccc3c3cc4c(cc32)oc2ccccc24)c(-n2c3ccccc3c3cc4c(cc32)oc2ccccc24)c1. The third kappa shape index (κ3) is 4.07. The minimum absolute atomic E-state index is 0.515. The van der Waals surface area contributed by atoms with Gasteiger partial charge in [0.25, 0.3) is 0 Å². The van der Waals surface area contributed by atoms with Gasteiger partial charge in [0, 0.05) is 72.0 Å². The van der Waals surface area contributed by atoms with Crippen LogP contribution in [0.5, 0.6) is 0 Å². The van der Waals surface area contributed by atoms with Crippen LogP contribution in [0.4, 0.5) is 5.69 Å². The van der Waals surface area contributed by atoms with Crippen LogP contribution in [0.15, 0.2) is 167 Å². The molecule has 0 fully saturated rings. The second-order valence-electron chi connectivity index (χ2n) is 14.3. The van der Waals surface area contributed by atoms with E-state index in [9.17, 15) is 5.26 Å². The third-order valence-corrected chi connectivity index (χ3v) is 11.4. The molecule has 6 heteroatoms. The number of nitrogens with zero attached hydrogens (tertiary/aromatic N) is 4. The average Bonchev–Trinajstić information content (AvgIpc) is 3.98. The van der Waals surface area contributed by atoms with E-state index < -0.39 is 0 Å². The lowest BCUT2D eigenvalue weighted by Gasteiger charge is -2.20. The molecule has 0 unspecified atom stereocenters. The van der Waals surface area contributed by atoms with Gasteiger partial charge in [0.2, 0.25) is 0 Å². The van der Waals surface area contributed by atoms with Crippen LogP contribution in [0.3, 0.4) is 0 Å². The van der Waals surface area contributed by atoms with E-state index in [0.29, 0.717) is 11.3 Å². The van der Waals surface area contributed by atoms with Crippen molar-refractivity contribution in [2.24, 2.45) is 0 Å². The summed E-state index contributed by atoms with van der Waals surface area (Å²) in [5.74, 6) is 0. The van der Waals surface area contributed by atoms with Crippen LogP contribution in [-0.2, 0) is 0 Å². The van der Waals surface area contributed by atoms with Crippen LogP contribution in [0.25, 0.3) is 115 Å². The number of rotatable bonds is 3. The Balaban J connectivity index is 1.20. The average molecular weight is 715 g/mol. The summed E-state index contributed by atoms with van der Waals surface area (Å²) in [4.78, 5) is 3.90. The number of benzene rings is 8. The molecule has 0 radical (unpaired) electrons. The Hall–Kier alpha value is -8.06. The highest BCUT2D eigenvalue weighted by molar-refractivity contribution is 6.19. The molecule has 6 nitrogen and oxygen atoms in total. The van der Waals surface area contributed by atoms with Crippen molar-refractivity contribution in [3.05, 3.63) is 175 Å². The summed E-state index contributed by atoms with van der Waals surface area (Å²) >= 11 is 0. The molecule has 4 aromatic heterocycles. The molecule has 0 aliphatic heterocycles. The first-order valence-electron chi connectivity index (χ1n) is 18.4. The molecule has 0 saturated heterocycles. The highest BCUT2D eigenvalue weighted by Crippen LogP contribution is 2.45. The quantitative estimate of drug-likeness (QED) is 0.171. The van der Waals surface area contributed by atoms with Gasteiger partial charge in [-0.05, 0) is 48.5 Å². The van der Waals surface area contributed by atoms with E-state index in [-0.39, 0.29) is 0 Å². The summed E-state index contributed by atoms with van der Waals surface area (Å²) in [6, 6.07) is 56.0. The van der Waals surface area contributed by atoms with Crippen LogP contribution in [-0.4, -0.2) is 9.13 Å². The molecular weight excluding hydrogens is 689 g/mol. The van der Waals surface area contributed by atoms with Gasteiger partial charge in [-0.15, -0.1) is 0 Å². The molecule has 0 amide bonds. The number of para-hydroxylation sites is 5. The maximum absolute atomic E-state index is 10.8. The van der Waals surface area contributed by atoms with Crippen molar-refractivity contribution < 1.29 is 8.83 Å². The molecule has 4 heterocycles. The fourth-order valence-corrected chi connectivity index (χ4v) is 8.97.